The third-order valence-corrected chi connectivity index (χ3v) is 5.29. The van der Waals surface area contributed by atoms with E-state index in [1.165, 1.54) is 0 Å². The summed E-state index contributed by atoms with van der Waals surface area (Å²) in [5.41, 5.74) is 5.23. The summed E-state index contributed by atoms with van der Waals surface area (Å²) in [4.78, 5) is 29.6. The molecule has 5 aromatic rings. The van der Waals surface area contributed by atoms with Crippen LogP contribution in [0, 0.1) is 6.92 Å². The van der Waals surface area contributed by atoms with Crippen molar-refractivity contribution >= 4 is 22.2 Å². The summed E-state index contributed by atoms with van der Waals surface area (Å²) < 4.78 is 1.67. The number of aryl methyl sites for hydroxylation is 1. The minimum atomic E-state index is -0.215. The summed E-state index contributed by atoms with van der Waals surface area (Å²) >= 11 is 0. The van der Waals surface area contributed by atoms with E-state index in [0.717, 1.165) is 33.4 Å². The fraction of sp³-hybridized carbons (Fsp3) is 0.130. The van der Waals surface area contributed by atoms with Crippen LogP contribution in [0.2, 0.25) is 0 Å². The molecule has 29 heavy (non-hydrogen) atoms. The van der Waals surface area contributed by atoms with E-state index >= 15 is 0 Å². The highest BCUT2D eigenvalue weighted by Crippen LogP contribution is 2.29. The molecular formula is C23H19N5O. The summed E-state index contributed by atoms with van der Waals surface area (Å²) in [6, 6.07) is 19.6. The summed E-state index contributed by atoms with van der Waals surface area (Å²) in [6.07, 6.45) is 1.78. The first kappa shape index (κ1) is 17.3. The Labute approximate surface area is 166 Å². The molecule has 6 nitrogen and oxygen atoms in total. The SMILES string of the molecule is Cc1nc2[nH]c(=O)n([C@@H](C)c3ccccc3)c2nc1-c1cccc2ncccc12. The van der Waals surface area contributed by atoms with Crippen LogP contribution in [-0.4, -0.2) is 24.5 Å². The van der Waals surface area contributed by atoms with E-state index in [1.807, 2.05) is 74.5 Å². The lowest BCUT2D eigenvalue weighted by Crippen LogP contribution is -2.21. The first-order valence-corrected chi connectivity index (χ1v) is 9.51. The largest absolute Gasteiger partial charge is 0.329 e. The summed E-state index contributed by atoms with van der Waals surface area (Å²) in [5, 5.41) is 1.01. The molecule has 0 spiro atoms. The molecule has 0 fully saturated rings. The van der Waals surface area contributed by atoms with Crippen molar-refractivity contribution in [3.05, 3.63) is 88.6 Å². The first-order chi connectivity index (χ1) is 14.1. The summed E-state index contributed by atoms with van der Waals surface area (Å²) in [6.45, 7) is 3.90. The Bertz CT molecular complexity index is 1400. The maximum absolute atomic E-state index is 12.7. The number of imidazole rings is 1. The van der Waals surface area contributed by atoms with Crippen molar-refractivity contribution in [2.24, 2.45) is 0 Å². The zero-order chi connectivity index (χ0) is 20.0. The van der Waals surface area contributed by atoms with E-state index in [9.17, 15) is 4.79 Å². The molecule has 0 saturated heterocycles. The van der Waals surface area contributed by atoms with Crippen LogP contribution in [0.4, 0.5) is 0 Å². The molecule has 2 aromatic carbocycles. The van der Waals surface area contributed by atoms with Crippen LogP contribution in [0.1, 0.15) is 24.2 Å². The van der Waals surface area contributed by atoms with E-state index in [1.54, 1.807) is 10.8 Å². The van der Waals surface area contributed by atoms with Crippen molar-refractivity contribution in [3.8, 4) is 11.3 Å². The molecule has 0 amide bonds. The second kappa shape index (κ2) is 6.67. The average molecular weight is 381 g/mol. The zero-order valence-corrected chi connectivity index (χ0v) is 16.1. The summed E-state index contributed by atoms with van der Waals surface area (Å²) in [5.74, 6) is 0. The van der Waals surface area contributed by atoms with Crippen LogP contribution in [0.3, 0.4) is 0 Å². The highest BCUT2D eigenvalue weighted by Gasteiger charge is 2.19. The molecule has 0 aliphatic rings. The molecule has 3 aromatic heterocycles. The fourth-order valence-electron chi connectivity index (χ4n) is 3.82. The number of pyridine rings is 1. The highest BCUT2D eigenvalue weighted by molar-refractivity contribution is 5.94. The zero-order valence-electron chi connectivity index (χ0n) is 16.1. The molecule has 0 radical (unpaired) electrons. The lowest BCUT2D eigenvalue weighted by molar-refractivity contribution is 0.630. The average Bonchev–Trinajstić information content (AvgIpc) is 3.07. The molecule has 142 valence electrons. The molecule has 0 aliphatic carbocycles. The van der Waals surface area contributed by atoms with Gasteiger partial charge in [0.05, 0.1) is 22.9 Å². The van der Waals surface area contributed by atoms with Gasteiger partial charge < -0.3 is 0 Å². The molecule has 1 N–H and O–H groups in total. The molecular weight excluding hydrogens is 362 g/mol. The van der Waals surface area contributed by atoms with Crippen molar-refractivity contribution < 1.29 is 0 Å². The van der Waals surface area contributed by atoms with Gasteiger partial charge in [-0.1, -0.05) is 48.5 Å². The standard InChI is InChI=1S/C23H19N5O/c1-14-20(18-10-6-12-19-17(18)11-7-13-24-19)26-22-21(25-14)27-23(29)28(22)15(2)16-8-4-3-5-9-16/h3-13,15H,1-2H3,(H,25,27,29)/t15-/m0/s1. The van der Waals surface area contributed by atoms with E-state index in [0.29, 0.717) is 11.3 Å². The Balaban J connectivity index is 1.77. The topological polar surface area (TPSA) is 76.5 Å². The van der Waals surface area contributed by atoms with Gasteiger partial charge in [0, 0.05) is 17.1 Å². The second-order valence-electron chi connectivity index (χ2n) is 7.09. The smallest absolute Gasteiger partial charge is 0.289 e. The Morgan fingerprint density at radius 2 is 1.79 bits per heavy atom. The van der Waals surface area contributed by atoms with Crippen LogP contribution in [0.15, 0.2) is 71.7 Å². The lowest BCUT2D eigenvalue weighted by atomic mass is 10.0. The van der Waals surface area contributed by atoms with Gasteiger partial charge in [-0.3, -0.25) is 14.5 Å². The van der Waals surface area contributed by atoms with E-state index < -0.39 is 0 Å². The Morgan fingerprint density at radius 3 is 2.62 bits per heavy atom. The van der Waals surface area contributed by atoms with Crippen molar-refractivity contribution in [2.45, 2.75) is 19.9 Å². The van der Waals surface area contributed by atoms with E-state index in [-0.39, 0.29) is 11.7 Å². The van der Waals surface area contributed by atoms with Crippen LogP contribution >= 0.6 is 0 Å². The van der Waals surface area contributed by atoms with Gasteiger partial charge in [-0.25, -0.2) is 14.8 Å². The molecule has 3 heterocycles. The number of hydrogen-bond acceptors (Lipinski definition) is 4. The van der Waals surface area contributed by atoms with E-state index in [2.05, 4.69) is 15.0 Å². The van der Waals surface area contributed by atoms with Crippen molar-refractivity contribution in [2.75, 3.05) is 0 Å². The molecule has 6 heteroatoms. The van der Waals surface area contributed by atoms with Crippen molar-refractivity contribution in [1.29, 1.82) is 0 Å². The third kappa shape index (κ3) is 2.81. The predicted octanol–water partition coefficient (Wildman–Crippen LogP) is 4.25. The Morgan fingerprint density at radius 1 is 0.966 bits per heavy atom. The number of rotatable bonds is 3. The number of aromatic amines is 1. The monoisotopic (exact) mass is 381 g/mol. The minimum Gasteiger partial charge on any atom is -0.289 e. The van der Waals surface area contributed by atoms with Gasteiger partial charge in [-0.05, 0) is 31.5 Å². The van der Waals surface area contributed by atoms with Gasteiger partial charge in [0.25, 0.3) is 0 Å². The number of benzene rings is 2. The number of nitrogens with one attached hydrogen (secondary N) is 1. The van der Waals surface area contributed by atoms with Crippen molar-refractivity contribution in [1.82, 2.24) is 24.5 Å². The third-order valence-electron chi connectivity index (χ3n) is 5.29. The van der Waals surface area contributed by atoms with Crippen LogP contribution in [0.5, 0.6) is 0 Å². The Kier molecular flexibility index (Phi) is 3.98. The van der Waals surface area contributed by atoms with Gasteiger partial charge in [0.15, 0.2) is 11.3 Å². The van der Waals surface area contributed by atoms with Gasteiger partial charge in [0.1, 0.15) is 0 Å². The van der Waals surface area contributed by atoms with Crippen LogP contribution in [-0.2, 0) is 0 Å². The molecule has 0 unspecified atom stereocenters. The number of nitrogens with zero attached hydrogens (tertiary/aromatic N) is 4. The highest BCUT2D eigenvalue weighted by atomic mass is 16.1. The lowest BCUT2D eigenvalue weighted by Gasteiger charge is -2.14. The molecule has 5 rings (SSSR count). The predicted molar refractivity (Wildman–Crippen MR) is 114 cm³/mol. The van der Waals surface area contributed by atoms with Crippen LogP contribution < -0.4 is 5.69 Å². The maximum Gasteiger partial charge on any atom is 0.329 e. The second-order valence-corrected chi connectivity index (χ2v) is 7.09. The quantitative estimate of drug-likeness (QED) is 0.507. The van der Waals surface area contributed by atoms with Gasteiger partial charge in [-0.2, -0.15) is 0 Å². The molecule has 0 bridgehead atoms. The maximum atomic E-state index is 12.7. The number of H-pyrrole nitrogens is 1. The van der Waals surface area contributed by atoms with Gasteiger partial charge in [-0.15, -0.1) is 0 Å². The number of hydrogen-bond donors (Lipinski definition) is 1. The molecule has 0 saturated carbocycles. The van der Waals surface area contributed by atoms with Gasteiger partial charge in [0.2, 0.25) is 0 Å². The fourth-order valence-corrected chi connectivity index (χ4v) is 3.82. The van der Waals surface area contributed by atoms with Crippen LogP contribution in [0.25, 0.3) is 33.5 Å². The van der Waals surface area contributed by atoms with Crippen molar-refractivity contribution in [3.63, 3.8) is 0 Å². The Hall–Kier alpha value is -3.80. The molecule has 1 atom stereocenters. The minimum absolute atomic E-state index is 0.170. The normalized spacial score (nSPS) is 12.5. The van der Waals surface area contributed by atoms with E-state index in [4.69, 9.17) is 4.98 Å². The number of aromatic nitrogens is 5. The van der Waals surface area contributed by atoms with Gasteiger partial charge >= 0.3 is 5.69 Å². The first-order valence-electron chi connectivity index (χ1n) is 9.51. The molecule has 0 aliphatic heterocycles. The number of fused-ring (bicyclic) bond motifs is 2. The summed E-state index contributed by atoms with van der Waals surface area (Å²) in [7, 11) is 0.